The highest BCUT2D eigenvalue weighted by Gasteiger charge is 2.40. The van der Waals surface area contributed by atoms with Crippen molar-refractivity contribution in [2.75, 3.05) is 26.8 Å². The normalized spacial score (nSPS) is 28.7. The molecule has 1 unspecified atom stereocenters. The van der Waals surface area contributed by atoms with Crippen molar-refractivity contribution in [1.82, 2.24) is 15.5 Å². The van der Waals surface area contributed by atoms with E-state index in [0.717, 1.165) is 41.7 Å². The van der Waals surface area contributed by atoms with E-state index in [0.29, 0.717) is 31.9 Å². The summed E-state index contributed by atoms with van der Waals surface area (Å²) in [6.45, 7) is 5.51. The summed E-state index contributed by atoms with van der Waals surface area (Å²) >= 11 is 0. The Morgan fingerprint density at radius 3 is 2.67 bits per heavy atom. The van der Waals surface area contributed by atoms with Crippen molar-refractivity contribution in [2.24, 2.45) is 11.8 Å². The van der Waals surface area contributed by atoms with Gasteiger partial charge in [0.2, 0.25) is 11.8 Å². The predicted octanol–water partition coefficient (Wildman–Crippen LogP) is 4.10. The van der Waals surface area contributed by atoms with Gasteiger partial charge in [0.25, 0.3) is 0 Å². The molecule has 2 amide bonds. The van der Waals surface area contributed by atoms with Crippen molar-refractivity contribution < 1.29 is 24.2 Å². The molecule has 2 aromatic carbocycles. The van der Waals surface area contributed by atoms with E-state index in [4.69, 9.17) is 9.47 Å². The number of methoxy groups -OCH3 is 1. The van der Waals surface area contributed by atoms with Crippen LogP contribution in [0.25, 0.3) is 0 Å². The number of aliphatic hydroxyl groups excluding tert-OH is 1. The summed E-state index contributed by atoms with van der Waals surface area (Å²) in [5.41, 5.74) is 3.25. The zero-order valence-electron chi connectivity index (χ0n) is 25.0. The van der Waals surface area contributed by atoms with Gasteiger partial charge in [0.15, 0.2) is 0 Å². The van der Waals surface area contributed by atoms with Crippen molar-refractivity contribution in [3.63, 3.8) is 0 Å². The fourth-order valence-corrected chi connectivity index (χ4v) is 6.63. The van der Waals surface area contributed by atoms with Gasteiger partial charge < -0.3 is 30.1 Å². The number of carbonyl (C=O) groups is 2. The highest BCUT2D eigenvalue weighted by Crippen LogP contribution is 2.42. The standard InChI is InChI=1S/C34H45N3O5/c1-22(2)17-24-14-15-37(34(24)40)30-11-7-8-16-42-32-20-28(27-19-25(41-3)12-13-26(27)32)35-21-31(38)29(36-33(30)39)18-23-9-5-4-6-10-23/h4-10,12-13,19,22,24,28-32,35,38H,11,14-18,20-21H2,1-3H3,(H,36,39)/t24?,28-,29-,30-,31+,32+/m0/s1. The highest BCUT2D eigenvalue weighted by atomic mass is 16.5. The average molecular weight is 576 g/mol. The van der Waals surface area contributed by atoms with Crippen LogP contribution in [0.4, 0.5) is 0 Å². The first kappa shape index (κ1) is 30.3. The summed E-state index contributed by atoms with van der Waals surface area (Å²) in [5, 5.41) is 18.2. The first-order valence-electron chi connectivity index (χ1n) is 15.3. The lowest BCUT2D eigenvalue weighted by molar-refractivity contribution is -0.140. The molecule has 1 saturated heterocycles. The smallest absolute Gasteiger partial charge is 0.243 e. The molecule has 8 nitrogen and oxygen atoms in total. The molecule has 2 heterocycles. The molecule has 1 aliphatic carbocycles. The molecule has 3 aliphatic rings. The van der Waals surface area contributed by atoms with Crippen LogP contribution in [0.5, 0.6) is 5.75 Å². The Balaban J connectivity index is 1.42. The first-order chi connectivity index (χ1) is 20.3. The minimum Gasteiger partial charge on any atom is -0.497 e. The van der Waals surface area contributed by atoms with Crippen molar-refractivity contribution >= 4 is 11.8 Å². The Morgan fingerprint density at radius 1 is 1.10 bits per heavy atom. The summed E-state index contributed by atoms with van der Waals surface area (Å²) < 4.78 is 11.8. The van der Waals surface area contributed by atoms with Crippen molar-refractivity contribution in [2.45, 2.75) is 76.3 Å². The van der Waals surface area contributed by atoms with Crippen LogP contribution in [0.15, 0.2) is 60.7 Å². The SMILES string of the molecule is COc1ccc2c(c1)[C@@H]1C[C@H]2OCC=CC[C@H](N2CCC(CC(C)C)C2=O)C(=O)N[C@@H](Cc2ccccc2)[C@H](O)CN1. The summed E-state index contributed by atoms with van der Waals surface area (Å²) in [6.07, 6.45) is 6.15. The summed E-state index contributed by atoms with van der Waals surface area (Å²) in [7, 11) is 1.66. The molecule has 0 spiro atoms. The van der Waals surface area contributed by atoms with Crippen LogP contribution < -0.4 is 15.4 Å². The molecule has 226 valence electrons. The quantitative estimate of drug-likeness (QED) is 0.449. The van der Waals surface area contributed by atoms with E-state index in [2.05, 4.69) is 30.5 Å². The monoisotopic (exact) mass is 575 g/mol. The molecule has 1 fully saturated rings. The number of hydrogen-bond acceptors (Lipinski definition) is 6. The highest BCUT2D eigenvalue weighted by molar-refractivity contribution is 5.90. The van der Waals surface area contributed by atoms with E-state index in [1.54, 1.807) is 12.0 Å². The molecule has 0 aromatic heterocycles. The van der Waals surface area contributed by atoms with E-state index < -0.39 is 18.2 Å². The summed E-state index contributed by atoms with van der Waals surface area (Å²) in [5.74, 6) is 0.967. The molecule has 8 heteroatoms. The lowest BCUT2D eigenvalue weighted by Gasteiger charge is -2.31. The van der Waals surface area contributed by atoms with E-state index >= 15 is 0 Å². The average Bonchev–Trinajstić information content (AvgIpc) is 3.51. The lowest BCUT2D eigenvalue weighted by atomic mass is 9.96. The van der Waals surface area contributed by atoms with Crippen LogP contribution in [0.1, 0.15) is 68.4 Å². The second-order valence-corrected chi connectivity index (χ2v) is 12.3. The maximum atomic E-state index is 13.9. The van der Waals surface area contributed by atoms with E-state index in [1.807, 2.05) is 54.6 Å². The van der Waals surface area contributed by atoms with Crippen LogP contribution in [-0.4, -0.2) is 66.8 Å². The first-order valence-corrected chi connectivity index (χ1v) is 15.3. The molecule has 2 aliphatic heterocycles. The topological polar surface area (TPSA) is 100 Å². The van der Waals surface area contributed by atoms with E-state index in [-0.39, 0.29) is 36.4 Å². The largest absolute Gasteiger partial charge is 0.497 e. The van der Waals surface area contributed by atoms with Gasteiger partial charge in [-0.15, -0.1) is 0 Å². The number of β-amino-alcohol motifs (C(OH)–C–C–N with tert-alkyl or cyclic N) is 1. The number of hydrogen-bond donors (Lipinski definition) is 3. The van der Waals surface area contributed by atoms with Crippen molar-refractivity contribution in [3.8, 4) is 5.75 Å². The fourth-order valence-electron chi connectivity index (χ4n) is 6.63. The number of benzene rings is 2. The number of likely N-dealkylation sites (tertiary alicyclic amines) is 1. The fraction of sp³-hybridized carbons (Fsp3) is 0.529. The number of rotatable bonds is 6. The third kappa shape index (κ3) is 7.05. The number of ether oxygens (including phenoxy) is 2. The number of nitrogens with zero attached hydrogens (tertiary/aromatic N) is 1. The molecule has 5 rings (SSSR count). The Labute approximate surface area is 249 Å². The second kappa shape index (κ2) is 13.8. The summed E-state index contributed by atoms with van der Waals surface area (Å²) in [6, 6.07) is 14.7. The molecule has 2 bridgehead atoms. The second-order valence-electron chi connectivity index (χ2n) is 12.3. The van der Waals surface area contributed by atoms with Gasteiger partial charge in [-0.1, -0.05) is 62.4 Å². The Hall–Kier alpha value is -3.20. The predicted molar refractivity (Wildman–Crippen MR) is 162 cm³/mol. The molecular formula is C34H45N3O5. The van der Waals surface area contributed by atoms with Crippen molar-refractivity contribution in [1.29, 1.82) is 0 Å². The third-order valence-electron chi connectivity index (χ3n) is 8.84. The van der Waals surface area contributed by atoms with Crippen LogP contribution in [0.3, 0.4) is 0 Å². The Bertz CT molecular complexity index is 1250. The van der Waals surface area contributed by atoms with Gasteiger partial charge in [0, 0.05) is 25.0 Å². The Morgan fingerprint density at radius 2 is 1.90 bits per heavy atom. The minimum absolute atomic E-state index is 0.0233. The molecule has 0 saturated carbocycles. The van der Waals surface area contributed by atoms with Crippen LogP contribution in [0.2, 0.25) is 0 Å². The number of aliphatic hydroxyl groups is 1. The van der Waals surface area contributed by atoms with Gasteiger partial charge in [0.05, 0.1) is 32.0 Å². The number of fused-ring (bicyclic) bond motifs is 5. The number of carbonyl (C=O) groups excluding carboxylic acids is 2. The van der Waals surface area contributed by atoms with E-state index in [9.17, 15) is 14.7 Å². The van der Waals surface area contributed by atoms with Gasteiger partial charge in [-0.2, -0.15) is 0 Å². The van der Waals surface area contributed by atoms with Crippen LogP contribution in [0, 0.1) is 11.8 Å². The Kier molecular flexibility index (Phi) is 9.98. The number of nitrogens with one attached hydrogen (secondary N) is 2. The van der Waals surface area contributed by atoms with Crippen LogP contribution in [-0.2, 0) is 20.7 Å². The van der Waals surface area contributed by atoms with Gasteiger partial charge in [-0.25, -0.2) is 0 Å². The zero-order valence-corrected chi connectivity index (χ0v) is 25.0. The molecule has 3 N–H and O–H groups in total. The molecular weight excluding hydrogens is 530 g/mol. The minimum atomic E-state index is -0.854. The van der Waals surface area contributed by atoms with Crippen LogP contribution >= 0.6 is 0 Å². The number of amides is 2. The van der Waals surface area contributed by atoms with E-state index in [1.165, 1.54) is 0 Å². The molecule has 42 heavy (non-hydrogen) atoms. The van der Waals surface area contributed by atoms with Gasteiger partial charge >= 0.3 is 0 Å². The van der Waals surface area contributed by atoms with Gasteiger partial charge in [0.1, 0.15) is 11.8 Å². The van der Waals surface area contributed by atoms with Gasteiger partial charge in [-0.05, 0) is 66.8 Å². The lowest BCUT2D eigenvalue weighted by Crippen LogP contribution is -2.55. The maximum absolute atomic E-state index is 13.9. The zero-order chi connectivity index (χ0) is 29.6. The molecule has 2 aromatic rings. The maximum Gasteiger partial charge on any atom is 0.243 e. The molecule has 0 radical (unpaired) electrons. The molecule has 6 atom stereocenters. The third-order valence-corrected chi connectivity index (χ3v) is 8.84. The van der Waals surface area contributed by atoms with Gasteiger partial charge in [-0.3, -0.25) is 9.59 Å². The van der Waals surface area contributed by atoms with Crippen molar-refractivity contribution in [3.05, 3.63) is 77.4 Å². The summed E-state index contributed by atoms with van der Waals surface area (Å²) in [4.78, 5) is 29.1.